The van der Waals surface area contributed by atoms with E-state index < -0.39 is 0 Å². The van der Waals surface area contributed by atoms with Gasteiger partial charge in [0.2, 0.25) is 0 Å². The number of hydrogen-bond donors (Lipinski definition) is 0. The molecule has 5 heteroatoms. The van der Waals surface area contributed by atoms with Crippen LogP contribution in [0.2, 0.25) is 0 Å². The van der Waals surface area contributed by atoms with Crippen LogP contribution >= 0.6 is 11.8 Å². The molecular formula is C22H18N2O2S. The number of nitrogens with zero attached hydrogens (tertiary/aromatic N) is 2. The molecule has 4 nitrogen and oxygen atoms in total. The van der Waals surface area contributed by atoms with Gasteiger partial charge in [-0.05, 0) is 73.1 Å². The van der Waals surface area contributed by atoms with E-state index in [1.807, 2.05) is 47.2 Å². The van der Waals surface area contributed by atoms with Crippen LogP contribution in [0.3, 0.4) is 0 Å². The van der Waals surface area contributed by atoms with Crippen LogP contribution < -0.4 is 4.90 Å². The molecule has 2 aromatic carbocycles. The molecule has 2 amide bonds. The Kier molecular flexibility index (Phi) is 4.46. The average Bonchev–Trinajstić information content (AvgIpc) is 3.23. The predicted octanol–water partition coefficient (Wildman–Crippen LogP) is 5.34. The molecule has 27 heavy (non-hydrogen) atoms. The maximum absolute atomic E-state index is 12.8. The number of anilines is 1. The number of thioether (sulfide) groups is 1. The molecule has 4 rings (SSSR count). The number of benzene rings is 2. The first kappa shape index (κ1) is 17.4. The fourth-order valence-corrected chi connectivity index (χ4v) is 3.96. The smallest absolute Gasteiger partial charge is 0.298 e. The predicted molar refractivity (Wildman–Crippen MR) is 110 cm³/mol. The summed E-state index contributed by atoms with van der Waals surface area (Å²) in [6, 6.07) is 19.0. The van der Waals surface area contributed by atoms with E-state index in [-0.39, 0.29) is 11.1 Å². The summed E-state index contributed by atoms with van der Waals surface area (Å²) >= 11 is 0.971. The molecule has 134 valence electrons. The van der Waals surface area contributed by atoms with Crippen molar-refractivity contribution < 1.29 is 9.59 Å². The maximum atomic E-state index is 12.8. The summed E-state index contributed by atoms with van der Waals surface area (Å²) in [4.78, 5) is 26.9. The maximum Gasteiger partial charge on any atom is 0.298 e. The monoisotopic (exact) mass is 374 g/mol. The van der Waals surface area contributed by atoms with Crippen molar-refractivity contribution in [3.8, 4) is 5.69 Å². The lowest BCUT2D eigenvalue weighted by Gasteiger charge is -2.13. The van der Waals surface area contributed by atoms with Crippen molar-refractivity contribution in [2.45, 2.75) is 13.8 Å². The molecule has 1 saturated heterocycles. The van der Waals surface area contributed by atoms with E-state index >= 15 is 0 Å². The van der Waals surface area contributed by atoms with Crippen LogP contribution in [0.15, 0.2) is 71.8 Å². The first-order chi connectivity index (χ1) is 13.1. The van der Waals surface area contributed by atoms with Crippen molar-refractivity contribution in [1.29, 1.82) is 0 Å². The minimum atomic E-state index is -0.287. The highest BCUT2D eigenvalue weighted by molar-refractivity contribution is 8.19. The van der Waals surface area contributed by atoms with Crippen LogP contribution in [0.25, 0.3) is 11.8 Å². The third-order valence-corrected chi connectivity index (χ3v) is 5.57. The second-order valence-corrected chi connectivity index (χ2v) is 7.37. The molecule has 0 aliphatic carbocycles. The van der Waals surface area contributed by atoms with Crippen molar-refractivity contribution in [3.63, 3.8) is 0 Å². The quantitative estimate of drug-likeness (QED) is 0.582. The molecular weight excluding hydrogens is 356 g/mol. The number of rotatable bonds is 3. The SMILES string of the molecule is Cc1cccc(-n2cccc2/C=C2/SC(=O)N(c3ccccc3)C2=O)c1C. The Hall–Kier alpha value is -3.05. The van der Waals surface area contributed by atoms with Crippen LogP contribution in [-0.4, -0.2) is 15.7 Å². The Labute approximate surface area is 162 Å². The number of aryl methyl sites for hydroxylation is 1. The van der Waals surface area contributed by atoms with Gasteiger partial charge in [-0.1, -0.05) is 30.3 Å². The van der Waals surface area contributed by atoms with Crippen molar-refractivity contribution in [1.82, 2.24) is 4.57 Å². The minimum Gasteiger partial charge on any atom is -0.317 e. The molecule has 0 bridgehead atoms. The summed E-state index contributed by atoms with van der Waals surface area (Å²) < 4.78 is 2.04. The van der Waals surface area contributed by atoms with Crippen LogP contribution in [0.1, 0.15) is 16.8 Å². The summed E-state index contributed by atoms with van der Waals surface area (Å²) in [5, 5.41) is -0.276. The molecule has 3 aromatic rings. The summed E-state index contributed by atoms with van der Waals surface area (Å²) in [5.41, 5.74) is 4.90. The number of hydrogen-bond acceptors (Lipinski definition) is 3. The lowest BCUT2D eigenvalue weighted by molar-refractivity contribution is -0.113. The second-order valence-electron chi connectivity index (χ2n) is 6.37. The van der Waals surface area contributed by atoms with Crippen molar-refractivity contribution in [3.05, 3.63) is 88.6 Å². The number of amides is 2. The Bertz CT molecular complexity index is 1070. The number of para-hydroxylation sites is 1. The van der Waals surface area contributed by atoms with E-state index in [4.69, 9.17) is 0 Å². The van der Waals surface area contributed by atoms with E-state index in [0.29, 0.717) is 10.6 Å². The largest absolute Gasteiger partial charge is 0.317 e. The standard InChI is InChI=1S/C22H18N2O2S/c1-15-8-6-12-19(16(15)2)23-13-7-11-18(23)14-20-21(25)24(22(26)27-20)17-9-4-3-5-10-17/h3-14H,1-2H3/b20-14+. The van der Waals surface area contributed by atoms with E-state index in [1.54, 1.807) is 18.2 Å². The van der Waals surface area contributed by atoms with E-state index in [0.717, 1.165) is 23.1 Å². The van der Waals surface area contributed by atoms with Crippen LogP contribution in [0, 0.1) is 13.8 Å². The van der Waals surface area contributed by atoms with Gasteiger partial charge in [0.15, 0.2) is 0 Å². The van der Waals surface area contributed by atoms with Gasteiger partial charge in [0, 0.05) is 17.6 Å². The zero-order valence-electron chi connectivity index (χ0n) is 15.0. The first-order valence-corrected chi connectivity index (χ1v) is 9.45. The van der Waals surface area contributed by atoms with Gasteiger partial charge < -0.3 is 4.57 Å². The van der Waals surface area contributed by atoms with Crippen LogP contribution in [0.4, 0.5) is 10.5 Å². The molecule has 0 radical (unpaired) electrons. The third-order valence-electron chi connectivity index (χ3n) is 4.70. The van der Waals surface area contributed by atoms with Gasteiger partial charge in [-0.3, -0.25) is 9.59 Å². The molecule has 1 aliphatic heterocycles. The second kappa shape index (κ2) is 6.93. The molecule has 2 heterocycles. The Morgan fingerprint density at radius 1 is 0.889 bits per heavy atom. The summed E-state index contributed by atoms with van der Waals surface area (Å²) in [6.07, 6.45) is 3.75. The van der Waals surface area contributed by atoms with Gasteiger partial charge in [-0.15, -0.1) is 0 Å². The molecule has 0 atom stereocenters. The number of carbonyl (C=O) groups is 2. The lowest BCUT2D eigenvalue weighted by atomic mass is 10.1. The normalized spacial score (nSPS) is 15.8. The summed E-state index contributed by atoms with van der Waals surface area (Å²) in [6.45, 7) is 4.16. The lowest BCUT2D eigenvalue weighted by Crippen LogP contribution is -2.27. The Balaban J connectivity index is 1.72. The molecule has 0 saturated carbocycles. The average molecular weight is 374 g/mol. The number of aromatic nitrogens is 1. The molecule has 0 spiro atoms. The fraction of sp³-hybridized carbons (Fsp3) is 0.0909. The Morgan fingerprint density at radius 2 is 1.67 bits per heavy atom. The number of carbonyl (C=O) groups excluding carboxylic acids is 2. The van der Waals surface area contributed by atoms with Gasteiger partial charge in [0.25, 0.3) is 11.1 Å². The Morgan fingerprint density at radius 3 is 2.44 bits per heavy atom. The third kappa shape index (κ3) is 3.11. The summed E-state index contributed by atoms with van der Waals surface area (Å²) in [5.74, 6) is -0.287. The zero-order valence-corrected chi connectivity index (χ0v) is 15.9. The topological polar surface area (TPSA) is 42.3 Å². The van der Waals surface area contributed by atoms with Crippen LogP contribution in [-0.2, 0) is 4.79 Å². The van der Waals surface area contributed by atoms with Gasteiger partial charge in [0.1, 0.15) is 0 Å². The number of imide groups is 1. The molecule has 1 aliphatic rings. The van der Waals surface area contributed by atoms with Crippen molar-refractivity contribution >= 4 is 34.7 Å². The zero-order chi connectivity index (χ0) is 19.0. The van der Waals surface area contributed by atoms with Gasteiger partial charge >= 0.3 is 0 Å². The highest BCUT2D eigenvalue weighted by Gasteiger charge is 2.36. The van der Waals surface area contributed by atoms with E-state index in [2.05, 4.69) is 26.0 Å². The first-order valence-electron chi connectivity index (χ1n) is 8.63. The van der Waals surface area contributed by atoms with Crippen LogP contribution in [0.5, 0.6) is 0 Å². The molecule has 1 aromatic heterocycles. The molecule has 0 unspecified atom stereocenters. The van der Waals surface area contributed by atoms with Gasteiger partial charge in [-0.2, -0.15) is 0 Å². The molecule has 0 N–H and O–H groups in total. The van der Waals surface area contributed by atoms with E-state index in [1.165, 1.54) is 16.0 Å². The fourth-order valence-electron chi connectivity index (χ4n) is 3.13. The van der Waals surface area contributed by atoms with Crippen molar-refractivity contribution in [2.24, 2.45) is 0 Å². The highest BCUT2D eigenvalue weighted by atomic mass is 32.2. The van der Waals surface area contributed by atoms with E-state index in [9.17, 15) is 9.59 Å². The summed E-state index contributed by atoms with van der Waals surface area (Å²) in [7, 11) is 0. The molecule has 1 fully saturated rings. The van der Waals surface area contributed by atoms with Gasteiger partial charge in [-0.25, -0.2) is 4.90 Å². The van der Waals surface area contributed by atoms with Crippen molar-refractivity contribution in [2.75, 3.05) is 4.90 Å². The minimum absolute atomic E-state index is 0.276. The van der Waals surface area contributed by atoms with Gasteiger partial charge in [0.05, 0.1) is 10.6 Å². The highest BCUT2D eigenvalue weighted by Crippen LogP contribution is 2.36.